The summed E-state index contributed by atoms with van der Waals surface area (Å²) in [6.07, 6.45) is -2.09. The van der Waals surface area contributed by atoms with Crippen LogP contribution in [0.25, 0.3) is 0 Å². The van der Waals surface area contributed by atoms with Gasteiger partial charge in [0.1, 0.15) is 0 Å². The largest absolute Gasteiger partial charge is 0.454 e. The van der Waals surface area contributed by atoms with Crippen molar-refractivity contribution in [2.75, 3.05) is 5.75 Å². The van der Waals surface area contributed by atoms with Crippen LogP contribution in [0.1, 0.15) is 10.4 Å². The van der Waals surface area contributed by atoms with Crippen molar-refractivity contribution in [3.8, 4) is 0 Å². The minimum absolute atomic E-state index is 0.317. The molecule has 20 heavy (non-hydrogen) atoms. The van der Waals surface area contributed by atoms with E-state index in [0.717, 1.165) is 10.6 Å². The number of Topliss-reactive ketones (excluding diaryl/α,β-unsaturated/α-hetero) is 1. The fourth-order valence-electron chi connectivity index (χ4n) is 1.66. The first kappa shape index (κ1) is 14.7. The number of carbonyl (C=O) groups excluding carboxylic acids is 1. The Morgan fingerprint density at radius 3 is 2.50 bits per heavy atom. The summed E-state index contributed by atoms with van der Waals surface area (Å²) in [6.45, 7) is 0.546. The number of hydrogen-bond acceptors (Lipinski definition) is 2. The van der Waals surface area contributed by atoms with Crippen molar-refractivity contribution >= 4 is 17.5 Å². The summed E-state index contributed by atoms with van der Waals surface area (Å²) < 4.78 is 38.4. The first-order valence-corrected chi connectivity index (χ1v) is 6.90. The molecule has 1 heterocycles. The third kappa shape index (κ3) is 3.90. The molecule has 0 saturated carbocycles. The molecule has 2 nitrogen and oxygen atoms in total. The SMILES string of the molecule is O=C(c1ccn(CCSc2ccccc2)c1)C(F)(F)F. The number of benzene rings is 1. The monoisotopic (exact) mass is 299 g/mol. The average Bonchev–Trinajstić information content (AvgIpc) is 2.87. The van der Waals surface area contributed by atoms with Gasteiger partial charge in [0.2, 0.25) is 0 Å². The van der Waals surface area contributed by atoms with Crippen molar-refractivity contribution < 1.29 is 18.0 Å². The first-order valence-electron chi connectivity index (χ1n) is 5.92. The Morgan fingerprint density at radius 1 is 1.15 bits per heavy atom. The van der Waals surface area contributed by atoms with E-state index in [1.54, 1.807) is 16.3 Å². The molecule has 0 saturated heterocycles. The summed E-state index contributed by atoms with van der Waals surface area (Å²) in [5.74, 6) is -1.08. The van der Waals surface area contributed by atoms with Gasteiger partial charge in [-0.1, -0.05) is 18.2 Å². The van der Waals surface area contributed by atoms with E-state index in [1.165, 1.54) is 18.5 Å². The highest BCUT2D eigenvalue weighted by Crippen LogP contribution is 2.22. The molecule has 0 spiro atoms. The van der Waals surface area contributed by atoms with E-state index in [1.807, 2.05) is 30.3 Å². The maximum Gasteiger partial charge on any atom is 0.454 e. The van der Waals surface area contributed by atoms with Crippen LogP contribution >= 0.6 is 11.8 Å². The van der Waals surface area contributed by atoms with Crippen molar-refractivity contribution in [1.82, 2.24) is 4.57 Å². The van der Waals surface area contributed by atoms with E-state index < -0.39 is 12.0 Å². The van der Waals surface area contributed by atoms with Crippen molar-refractivity contribution in [2.45, 2.75) is 17.6 Å². The highest BCUT2D eigenvalue weighted by Gasteiger charge is 2.39. The summed E-state index contributed by atoms with van der Waals surface area (Å²) >= 11 is 1.61. The van der Waals surface area contributed by atoms with Gasteiger partial charge in [-0.05, 0) is 18.2 Å². The van der Waals surface area contributed by atoms with Gasteiger partial charge in [-0.2, -0.15) is 13.2 Å². The molecule has 2 rings (SSSR count). The Hall–Kier alpha value is -1.69. The number of ketones is 1. The molecule has 0 radical (unpaired) electrons. The van der Waals surface area contributed by atoms with Gasteiger partial charge in [0.05, 0.1) is 0 Å². The highest BCUT2D eigenvalue weighted by atomic mass is 32.2. The number of aromatic nitrogens is 1. The zero-order chi connectivity index (χ0) is 14.6. The van der Waals surface area contributed by atoms with E-state index >= 15 is 0 Å². The molecule has 2 aromatic rings. The van der Waals surface area contributed by atoms with Gasteiger partial charge in [-0.15, -0.1) is 11.8 Å². The zero-order valence-electron chi connectivity index (χ0n) is 10.4. The quantitative estimate of drug-likeness (QED) is 0.614. The molecular formula is C14H12F3NOS. The van der Waals surface area contributed by atoms with Gasteiger partial charge in [0.25, 0.3) is 5.78 Å². The molecule has 0 bridgehead atoms. The third-order valence-corrected chi connectivity index (χ3v) is 3.62. The van der Waals surface area contributed by atoms with Crippen LogP contribution in [0, 0.1) is 0 Å². The lowest BCUT2D eigenvalue weighted by molar-refractivity contribution is -0.0885. The van der Waals surface area contributed by atoms with Crippen LogP contribution in [-0.4, -0.2) is 22.3 Å². The van der Waals surface area contributed by atoms with E-state index in [9.17, 15) is 18.0 Å². The molecule has 0 aliphatic carbocycles. The Morgan fingerprint density at radius 2 is 1.85 bits per heavy atom. The Kier molecular flexibility index (Phi) is 4.54. The number of alkyl halides is 3. The molecule has 0 unspecified atom stereocenters. The lowest BCUT2D eigenvalue weighted by Crippen LogP contribution is -2.22. The predicted molar refractivity (Wildman–Crippen MR) is 72.0 cm³/mol. The van der Waals surface area contributed by atoms with E-state index in [2.05, 4.69) is 0 Å². The maximum atomic E-state index is 12.3. The van der Waals surface area contributed by atoms with Crippen molar-refractivity contribution in [3.63, 3.8) is 0 Å². The second-order valence-electron chi connectivity index (χ2n) is 4.13. The van der Waals surface area contributed by atoms with Crippen LogP contribution in [0.15, 0.2) is 53.7 Å². The normalized spacial score (nSPS) is 11.6. The van der Waals surface area contributed by atoms with Crippen LogP contribution < -0.4 is 0 Å². The summed E-state index contributed by atoms with van der Waals surface area (Å²) in [7, 11) is 0. The lowest BCUT2D eigenvalue weighted by atomic mass is 10.2. The van der Waals surface area contributed by atoms with Crippen molar-refractivity contribution in [2.24, 2.45) is 0 Å². The Labute approximate surface area is 118 Å². The summed E-state index contributed by atoms with van der Waals surface area (Å²) in [5.41, 5.74) is -0.317. The molecule has 0 fully saturated rings. The van der Waals surface area contributed by atoms with Gasteiger partial charge in [0.15, 0.2) is 0 Å². The number of hydrogen-bond donors (Lipinski definition) is 0. The van der Waals surface area contributed by atoms with Gasteiger partial charge >= 0.3 is 6.18 Å². The van der Waals surface area contributed by atoms with Crippen LogP contribution in [0.2, 0.25) is 0 Å². The highest BCUT2D eigenvalue weighted by molar-refractivity contribution is 7.99. The second kappa shape index (κ2) is 6.17. The van der Waals surface area contributed by atoms with Crippen molar-refractivity contribution in [3.05, 3.63) is 54.4 Å². The third-order valence-electron chi connectivity index (χ3n) is 2.63. The molecule has 1 aromatic carbocycles. The second-order valence-corrected chi connectivity index (χ2v) is 5.29. The van der Waals surface area contributed by atoms with E-state index in [4.69, 9.17) is 0 Å². The standard InChI is InChI=1S/C14H12F3NOS/c15-14(16,17)13(19)11-6-7-18(10-11)8-9-20-12-4-2-1-3-5-12/h1-7,10H,8-9H2. The molecule has 0 aliphatic rings. The van der Waals surface area contributed by atoms with Gasteiger partial charge in [-0.25, -0.2) is 0 Å². The Balaban J connectivity index is 1.89. The number of rotatable bonds is 5. The van der Waals surface area contributed by atoms with Gasteiger partial charge in [0, 0.05) is 35.2 Å². The molecule has 0 aliphatic heterocycles. The van der Waals surface area contributed by atoms with Crippen molar-refractivity contribution in [1.29, 1.82) is 0 Å². The topological polar surface area (TPSA) is 22.0 Å². The fraction of sp³-hybridized carbons (Fsp3) is 0.214. The number of halogens is 3. The number of nitrogens with zero attached hydrogens (tertiary/aromatic N) is 1. The summed E-state index contributed by atoms with van der Waals surface area (Å²) in [6, 6.07) is 10.9. The minimum Gasteiger partial charge on any atom is -0.353 e. The predicted octanol–water partition coefficient (Wildman–Crippen LogP) is 4.03. The van der Waals surface area contributed by atoms with Gasteiger partial charge < -0.3 is 4.57 Å². The van der Waals surface area contributed by atoms with Gasteiger partial charge in [-0.3, -0.25) is 4.79 Å². The number of thioether (sulfide) groups is 1. The average molecular weight is 299 g/mol. The minimum atomic E-state index is -4.81. The molecule has 1 aromatic heterocycles. The van der Waals surface area contributed by atoms with E-state index in [0.29, 0.717) is 6.54 Å². The fourth-order valence-corrected chi connectivity index (χ4v) is 2.55. The Bertz CT molecular complexity index is 578. The molecule has 106 valence electrons. The summed E-state index contributed by atoms with van der Waals surface area (Å²) in [4.78, 5) is 12.1. The lowest BCUT2D eigenvalue weighted by Gasteiger charge is -2.04. The zero-order valence-corrected chi connectivity index (χ0v) is 11.2. The number of aryl methyl sites for hydroxylation is 1. The van der Waals surface area contributed by atoms with Crippen LogP contribution in [0.5, 0.6) is 0 Å². The molecule has 0 atom stereocenters. The van der Waals surface area contributed by atoms with E-state index in [-0.39, 0.29) is 5.56 Å². The first-order chi connectivity index (χ1) is 9.47. The molecule has 0 amide bonds. The maximum absolute atomic E-state index is 12.3. The smallest absolute Gasteiger partial charge is 0.353 e. The van der Waals surface area contributed by atoms with Crippen LogP contribution in [-0.2, 0) is 6.54 Å². The molecular weight excluding hydrogens is 287 g/mol. The molecule has 0 N–H and O–H groups in total. The molecule has 6 heteroatoms. The number of carbonyl (C=O) groups is 1. The summed E-state index contributed by atoms with van der Waals surface area (Å²) in [5, 5.41) is 0. The van der Waals surface area contributed by atoms with Crippen LogP contribution in [0.4, 0.5) is 13.2 Å². The van der Waals surface area contributed by atoms with Crippen LogP contribution in [0.3, 0.4) is 0 Å².